The first-order valence-electron chi connectivity index (χ1n) is 7.07. The van der Waals surface area contributed by atoms with Crippen molar-refractivity contribution in [2.75, 3.05) is 6.54 Å². The Labute approximate surface area is 148 Å². The normalized spacial score (nSPS) is 12.3. The van der Waals surface area contributed by atoms with Crippen LogP contribution in [0, 0.1) is 0 Å². The second-order valence-corrected chi connectivity index (χ2v) is 4.98. The molecule has 2 atom stereocenters. The fourth-order valence-corrected chi connectivity index (χ4v) is 1.97. The zero-order valence-corrected chi connectivity index (χ0v) is 14.4. The summed E-state index contributed by atoms with van der Waals surface area (Å²) in [6.45, 7) is 0.556. The Balaban J connectivity index is 0. The lowest BCUT2D eigenvalue weighted by Gasteiger charge is -2.18. The molecule has 1 aromatic carbocycles. The number of aliphatic carboxylic acids is 1. The van der Waals surface area contributed by atoms with Crippen molar-refractivity contribution in [3.8, 4) is 0 Å². The van der Waals surface area contributed by atoms with Crippen molar-refractivity contribution in [3.63, 3.8) is 0 Å². The monoisotopic (exact) mass is 365 g/mol. The van der Waals surface area contributed by atoms with E-state index >= 15 is 0 Å². The van der Waals surface area contributed by atoms with E-state index in [-0.39, 0.29) is 31.2 Å². The standard InChI is InChI=1S/C15H23N3O3.2ClH/c16-9-5-4-8-12(17)14(19)18-13(15(20)21)10-11-6-2-1-3-7-11;;/h1-3,6-7,12-13H,4-5,8-10,16-17H2,(H,18,19)(H,20,21);2*1H/t12-,13-;;/m0../s1. The molecule has 0 radical (unpaired) electrons. The Kier molecular flexibility index (Phi) is 13.7. The average Bonchev–Trinajstić information content (AvgIpc) is 2.47. The maximum absolute atomic E-state index is 11.9. The first kappa shape index (κ1) is 23.9. The molecule has 0 aliphatic carbocycles. The van der Waals surface area contributed by atoms with E-state index in [9.17, 15) is 14.7 Å². The molecule has 0 bridgehead atoms. The lowest BCUT2D eigenvalue weighted by Crippen LogP contribution is -2.49. The quantitative estimate of drug-likeness (QED) is 0.488. The van der Waals surface area contributed by atoms with Gasteiger partial charge in [-0.3, -0.25) is 4.79 Å². The van der Waals surface area contributed by atoms with E-state index in [0.29, 0.717) is 13.0 Å². The number of carbonyl (C=O) groups excluding carboxylic acids is 1. The van der Waals surface area contributed by atoms with E-state index in [0.717, 1.165) is 18.4 Å². The minimum atomic E-state index is -1.07. The van der Waals surface area contributed by atoms with Crippen LogP contribution in [-0.4, -0.2) is 35.6 Å². The van der Waals surface area contributed by atoms with Crippen LogP contribution in [-0.2, 0) is 16.0 Å². The summed E-state index contributed by atoms with van der Waals surface area (Å²) in [6.07, 6.45) is 2.28. The predicted octanol–water partition coefficient (Wildman–Crippen LogP) is 1.10. The average molecular weight is 366 g/mol. The molecule has 0 spiro atoms. The van der Waals surface area contributed by atoms with Gasteiger partial charge < -0.3 is 21.9 Å². The molecule has 6 nitrogen and oxygen atoms in total. The molecule has 0 saturated carbocycles. The number of rotatable bonds is 9. The van der Waals surface area contributed by atoms with Gasteiger partial charge in [-0.05, 0) is 24.9 Å². The number of benzene rings is 1. The molecule has 0 unspecified atom stereocenters. The molecule has 0 aliphatic rings. The van der Waals surface area contributed by atoms with Gasteiger partial charge in [0.1, 0.15) is 6.04 Å². The van der Waals surface area contributed by atoms with Crippen LogP contribution in [0.15, 0.2) is 30.3 Å². The molecule has 0 saturated heterocycles. The number of halogens is 2. The van der Waals surface area contributed by atoms with E-state index in [1.807, 2.05) is 30.3 Å². The van der Waals surface area contributed by atoms with Gasteiger partial charge in [-0.2, -0.15) is 0 Å². The fraction of sp³-hybridized carbons (Fsp3) is 0.467. The first-order chi connectivity index (χ1) is 10.0. The van der Waals surface area contributed by atoms with Gasteiger partial charge in [0.2, 0.25) is 5.91 Å². The topological polar surface area (TPSA) is 118 Å². The van der Waals surface area contributed by atoms with Crippen molar-refractivity contribution in [3.05, 3.63) is 35.9 Å². The number of nitrogens with two attached hydrogens (primary N) is 2. The Morgan fingerprint density at radius 1 is 1.13 bits per heavy atom. The highest BCUT2D eigenvalue weighted by Crippen LogP contribution is 2.05. The van der Waals surface area contributed by atoms with Crippen LogP contribution in [0.2, 0.25) is 0 Å². The van der Waals surface area contributed by atoms with E-state index < -0.39 is 24.0 Å². The molecular formula is C15H25Cl2N3O3. The fourth-order valence-electron chi connectivity index (χ4n) is 1.97. The minimum absolute atomic E-state index is 0. The number of carboxylic acid groups (broad SMARTS) is 1. The smallest absolute Gasteiger partial charge is 0.326 e. The van der Waals surface area contributed by atoms with E-state index in [2.05, 4.69) is 5.32 Å². The lowest BCUT2D eigenvalue weighted by molar-refractivity contribution is -0.142. The molecular weight excluding hydrogens is 341 g/mol. The Bertz CT molecular complexity index is 461. The highest BCUT2D eigenvalue weighted by Gasteiger charge is 2.23. The summed E-state index contributed by atoms with van der Waals surface area (Å²) in [4.78, 5) is 23.2. The number of nitrogens with one attached hydrogen (secondary N) is 1. The predicted molar refractivity (Wildman–Crippen MR) is 95.1 cm³/mol. The summed E-state index contributed by atoms with van der Waals surface area (Å²) in [5.41, 5.74) is 12.0. The summed E-state index contributed by atoms with van der Waals surface area (Å²) in [5, 5.41) is 11.7. The molecule has 0 fully saturated rings. The van der Waals surface area contributed by atoms with Crippen molar-refractivity contribution in [1.29, 1.82) is 0 Å². The van der Waals surface area contributed by atoms with Gasteiger partial charge in [0, 0.05) is 6.42 Å². The van der Waals surface area contributed by atoms with Gasteiger partial charge in [0.15, 0.2) is 0 Å². The van der Waals surface area contributed by atoms with Crippen molar-refractivity contribution in [2.24, 2.45) is 11.5 Å². The number of unbranched alkanes of at least 4 members (excludes halogenated alkanes) is 1. The minimum Gasteiger partial charge on any atom is -0.480 e. The van der Waals surface area contributed by atoms with Crippen molar-refractivity contribution < 1.29 is 14.7 Å². The van der Waals surface area contributed by atoms with Gasteiger partial charge in [0.05, 0.1) is 6.04 Å². The van der Waals surface area contributed by atoms with Crippen molar-refractivity contribution in [1.82, 2.24) is 5.32 Å². The molecule has 0 heterocycles. The summed E-state index contributed by atoms with van der Waals surface area (Å²) in [7, 11) is 0. The van der Waals surface area contributed by atoms with E-state index in [1.165, 1.54) is 0 Å². The Morgan fingerprint density at radius 2 is 1.74 bits per heavy atom. The highest BCUT2D eigenvalue weighted by molar-refractivity contribution is 5.87. The summed E-state index contributed by atoms with van der Waals surface area (Å²) < 4.78 is 0. The largest absolute Gasteiger partial charge is 0.480 e. The van der Waals surface area contributed by atoms with Gasteiger partial charge >= 0.3 is 5.97 Å². The maximum atomic E-state index is 11.9. The zero-order chi connectivity index (χ0) is 15.7. The Morgan fingerprint density at radius 3 is 2.26 bits per heavy atom. The van der Waals surface area contributed by atoms with Gasteiger partial charge in [-0.1, -0.05) is 36.8 Å². The highest BCUT2D eigenvalue weighted by atomic mass is 35.5. The molecule has 8 heteroatoms. The number of carbonyl (C=O) groups is 2. The molecule has 1 rings (SSSR count). The first-order valence-corrected chi connectivity index (χ1v) is 7.07. The third-order valence-electron chi connectivity index (χ3n) is 3.20. The van der Waals surface area contributed by atoms with Crippen LogP contribution in [0.1, 0.15) is 24.8 Å². The molecule has 23 heavy (non-hydrogen) atoms. The molecule has 0 aliphatic heterocycles. The van der Waals surface area contributed by atoms with Gasteiger partial charge in [0.25, 0.3) is 0 Å². The maximum Gasteiger partial charge on any atom is 0.326 e. The van der Waals surface area contributed by atoms with Crippen LogP contribution < -0.4 is 16.8 Å². The summed E-state index contributed by atoms with van der Waals surface area (Å²) >= 11 is 0. The molecule has 6 N–H and O–H groups in total. The molecule has 1 aromatic rings. The Hall–Kier alpha value is -1.34. The summed E-state index contributed by atoms with van der Waals surface area (Å²) in [6, 6.07) is 7.48. The second kappa shape index (κ2) is 13.1. The molecule has 1 amide bonds. The van der Waals surface area contributed by atoms with Crippen LogP contribution in [0.5, 0.6) is 0 Å². The lowest BCUT2D eigenvalue weighted by atomic mass is 10.0. The van der Waals surface area contributed by atoms with E-state index in [1.54, 1.807) is 0 Å². The zero-order valence-electron chi connectivity index (χ0n) is 12.8. The van der Waals surface area contributed by atoms with Crippen LogP contribution >= 0.6 is 24.8 Å². The number of amides is 1. The third-order valence-corrected chi connectivity index (χ3v) is 3.20. The van der Waals surface area contributed by atoms with Crippen LogP contribution in [0.4, 0.5) is 0 Å². The number of hydrogen-bond donors (Lipinski definition) is 4. The summed E-state index contributed by atoms with van der Waals surface area (Å²) in [5.74, 6) is -1.50. The van der Waals surface area contributed by atoms with Crippen molar-refractivity contribution >= 4 is 36.7 Å². The van der Waals surface area contributed by atoms with E-state index in [4.69, 9.17) is 11.5 Å². The van der Waals surface area contributed by atoms with Gasteiger partial charge in [-0.15, -0.1) is 24.8 Å². The second-order valence-electron chi connectivity index (χ2n) is 4.98. The van der Waals surface area contributed by atoms with Gasteiger partial charge in [-0.25, -0.2) is 4.79 Å². The van der Waals surface area contributed by atoms with Crippen LogP contribution in [0.25, 0.3) is 0 Å². The third kappa shape index (κ3) is 9.40. The molecule has 132 valence electrons. The number of hydrogen-bond acceptors (Lipinski definition) is 4. The van der Waals surface area contributed by atoms with Crippen molar-refractivity contribution in [2.45, 2.75) is 37.8 Å². The SMILES string of the molecule is Cl.Cl.NCCCC[C@H](N)C(=O)N[C@@H](Cc1ccccc1)C(=O)O. The van der Waals surface area contributed by atoms with Crippen LogP contribution in [0.3, 0.4) is 0 Å². The number of carboxylic acids is 1. The molecule has 0 aromatic heterocycles.